The molecule has 2 nitrogen and oxygen atoms in total. The largest absolute Gasteiger partial charge is 0.330 e. The molecule has 0 spiro atoms. The molecule has 1 aromatic carbocycles. The number of nitrogens with zero attached hydrogens (tertiary/aromatic N) is 1. The molecule has 0 amide bonds. The van der Waals surface area contributed by atoms with Crippen LogP contribution in [-0.4, -0.2) is 11.5 Å². The quantitative estimate of drug-likeness (QED) is 0.860. The fraction of sp³-hybridized carbons (Fsp3) is 0.182. The standard InChI is InChI=1S/C11H9Cl3N2S/c12-7-2-1-6(10(13)11(7)14)8-5-17-9(16-8)3-4-15/h1-2,5H,3-4,15H2. The molecule has 90 valence electrons. The van der Waals surface area contributed by atoms with Gasteiger partial charge >= 0.3 is 0 Å². The number of thiazole rings is 1. The summed E-state index contributed by atoms with van der Waals surface area (Å²) in [6.07, 6.45) is 0.767. The molecule has 17 heavy (non-hydrogen) atoms. The normalized spacial score (nSPS) is 10.8. The van der Waals surface area contributed by atoms with E-state index in [1.54, 1.807) is 17.4 Å². The third-order valence-corrected chi connectivity index (χ3v) is 4.42. The minimum atomic E-state index is 0.360. The predicted octanol–water partition coefficient (Wildman–Crippen LogP) is 4.27. The smallest absolute Gasteiger partial charge is 0.0945 e. The van der Waals surface area contributed by atoms with E-state index in [0.717, 1.165) is 22.7 Å². The van der Waals surface area contributed by atoms with E-state index >= 15 is 0 Å². The van der Waals surface area contributed by atoms with Crippen LogP contribution in [0.15, 0.2) is 17.5 Å². The van der Waals surface area contributed by atoms with E-state index in [2.05, 4.69) is 4.98 Å². The first-order chi connectivity index (χ1) is 8.13. The molecule has 1 aromatic heterocycles. The minimum Gasteiger partial charge on any atom is -0.330 e. The van der Waals surface area contributed by atoms with Crippen LogP contribution in [0.1, 0.15) is 5.01 Å². The van der Waals surface area contributed by atoms with E-state index in [1.165, 1.54) is 0 Å². The van der Waals surface area contributed by atoms with Crippen LogP contribution in [0.25, 0.3) is 11.3 Å². The van der Waals surface area contributed by atoms with E-state index in [9.17, 15) is 0 Å². The van der Waals surface area contributed by atoms with Crippen molar-refractivity contribution in [3.63, 3.8) is 0 Å². The molecular weight excluding hydrogens is 299 g/mol. The van der Waals surface area contributed by atoms with Crippen molar-refractivity contribution >= 4 is 46.1 Å². The number of rotatable bonds is 3. The maximum atomic E-state index is 6.14. The van der Waals surface area contributed by atoms with Crippen LogP contribution in [-0.2, 0) is 6.42 Å². The number of hydrogen-bond acceptors (Lipinski definition) is 3. The molecule has 2 N–H and O–H groups in total. The van der Waals surface area contributed by atoms with Gasteiger partial charge in [0.25, 0.3) is 0 Å². The molecule has 0 saturated heterocycles. The van der Waals surface area contributed by atoms with Crippen LogP contribution < -0.4 is 5.73 Å². The summed E-state index contributed by atoms with van der Waals surface area (Å²) in [5.41, 5.74) is 7.08. The Kier molecular flexibility index (Phi) is 4.28. The lowest BCUT2D eigenvalue weighted by atomic mass is 10.2. The fourth-order valence-corrected chi connectivity index (χ4v) is 2.84. The van der Waals surface area contributed by atoms with Crippen LogP contribution >= 0.6 is 46.1 Å². The van der Waals surface area contributed by atoms with E-state index < -0.39 is 0 Å². The van der Waals surface area contributed by atoms with Crippen molar-refractivity contribution in [2.75, 3.05) is 6.54 Å². The SMILES string of the molecule is NCCc1nc(-c2ccc(Cl)c(Cl)c2Cl)cs1. The molecule has 0 unspecified atom stereocenters. The summed E-state index contributed by atoms with van der Waals surface area (Å²) < 4.78 is 0. The average Bonchev–Trinajstić information content (AvgIpc) is 2.75. The second kappa shape index (κ2) is 5.55. The van der Waals surface area contributed by atoms with Gasteiger partial charge in [-0.25, -0.2) is 4.98 Å². The lowest BCUT2D eigenvalue weighted by Gasteiger charge is -2.04. The van der Waals surface area contributed by atoms with Crippen molar-refractivity contribution in [1.29, 1.82) is 0 Å². The molecule has 0 bridgehead atoms. The van der Waals surface area contributed by atoms with Gasteiger partial charge in [0.1, 0.15) is 0 Å². The molecule has 0 aliphatic rings. The Bertz CT molecular complexity index is 540. The van der Waals surface area contributed by atoms with Crippen molar-refractivity contribution in [3.05, 3.63) is 37.6 Å². The Morgan fingerprint density at radius 3 is 2.65 bits per heavy atom. The molecule has 0 fully saturated rings. The Morgan fingerprint density at radius 2 is 1.94 bits per heavy atom. The summed E-state index contributed by atoms with van der Waals surface area (Å²) >= 11 is 19.6. The third-order valence-electron chi connectivity index (χ3n) is 2.22. The second-order valence-electron chi connectivity index (χ2n) is 3.39. The van der Waals surface area contributed by atoms with Gasteiger partial charge in [-0.2, -0.15) is 0 Å². The van der Waals surface area contributed by atoms with Gasteiger partial charge in [-0.05, 0) is 18.7 Å². The Balaban J connectivity index is 2.42. The van der Waals surface area contributed by atoms with Gasteiger partial charge in [-0.1, -0.05) is 34.8 Å². The molecular formula is C11H9Cl3N2S. The predicted molar refractivity (Wildman–Crippen MR) is 75.3 cm³/mol. The molecule has 6 heteroatoms. The van der Waals surface area contributed by atoms with Gasteiger partial charge in [-0.3, -0.25) is 0 Å². The lowest BCUT2D eigenvalue weighted by Crippen LogP contribution is -2.01. The van der Waals surface area contributed by atoms with Crippen LogP contribution in [0.2, 0.25) is 15.1 Å². The zero-order valence-electron chi connectivity index (χ0n) is 8.71. The first-order valence-electron chi connectivity index (χ1n) is 4.92. The lowest BCUT2D eigenvalue weighted by molar-refractivity contribution is 0.954. The summed E-state index contributed by atoms with van der Waals surface area (Å²) in [5.74, 6) is 0. The highest BCUT2D eigenvalue weighted by molar-refractivity contribution is 7.10. The highest BCUT2D eigenvalue weighted by Gasteiger charge is 2.12. The summed E-state index contributed by atoms with van der Waals surface area (Å²) in [7, 11) is 0. The molecule has 0 atom stereocenters. The van der Waals surface area contributed by atoms with Gasteiger partial charge in [0.05, 0.1) is 25.8 Å². The van der Waals surface area contributed by atoms with Crippen LogP contribution in [0, 0.1) is 0 Å². The molecule has 2 aromatic rings. The zero-order chi connectivity index (χ0) is 12.4. The highest BCUT2D eigenvalue weighted by Crippen LogP contribution is 2.38. The molecule has 0 saturated carbocycles. The minimum absolute atomic E-state index is 0.360. The van der Waals surface area contributed by atoms with E-state index in [0.29, 0.717) is 21.6 Å². The van der Waals surface area contributed by atoms with E-state index in [1.807, 2.05) is 11.4 Å². The first kappa shape index (κ1) is 13.1. The second-order valence-corrected chi connectivity index (χ2v) is 5.49. The van der Waals surface area contributed by atoms with Gasteiger partial charge < -0.3 is 5.73 Å². The zero-order valence-corrected chi connectivity index (χ0v) is 11.8. The van der Waals surface area contributed by atoms with Crippen LogP contribution in [0.5, 0.6) is 0 Å². The van der Waals surface area contributed by atoms with Crippen LogP contribution in [0.3, 0.4) is 0 Å². The van der Waals surface area contributed by atoms with E-state index in [-0.39, 0.29) is 0 Å². The Morgan fingerprint density at radius 1 is 1.18 bits per heavy atom. The molecule has 0 aliphatic carbocycles. The number of benzene rings is 1. The topological polar surface area (TPSA) is 38.9 Å². The van der Waals surface area contributed by atoms with Crippen LogP contribution in [0.4, 0.5) is 0 Å². The molecule has 0 radical (unpaired) electrons. The van der Waals surface area contributed by atoms with Crippen molar-refractivity contribution < 1.29 is 0 Å². The molecule has 0 aliphatic heterocycles. The average molecular weight is 308 g/mol. The third kappa shape index (κ3) is 2.75. The Labute approximate surface area is 118 Å². The fourth-order valence-electron chi connectivity index (χ4n) is 1.40. The Hall–Kier alpha value is -0.320. The van der Waals surface area contributed by atoms with Gasteiger partial charge in [0.15, 0.2) is 0 Å². The first-order valence-corrected chi connectivity index (χ1v) is 6.93. The van der Waals surface area contributed by atoms with Crippen molar-refractivity contribution in [2.24, 2.45) is 5.73 Å². The molecule has 1 heterocycles. The number of nitrogens with two attached hydrogens (primary N) is 1. The number of halogens is 3. The summed E-state index contributed by atoms with van der Waals surface area (Å²) in [6, 6.07) is 3.53. The summed E-state index contributed by atoms with van der Waals surface area (Å²) in [6.45, 7) is 0.585. The van der Waals surface area contributed by atoms with E-state index in [4.69, 9.17) is 40.5 Å². The van der Waals surface area contributed by atoms with Crippen molar-refractivity contribution in [3.8, 4) is 11.3 Å². The number of aromatic nitrogens is 1. The van der Waals surface area contributed by atoms with Gasteiger partial charge in [-0.15, -0.1) is 11.3 Å². The highest BCUT2D eigenvalue weighted by atomic mass is 35.5. The summed E-state index contributed by atoms with van der Waals surface area (Å²) in [4.78, 5) is 4.45. The number of hydrogen-bond donors (Lipinski definition) is 1. The van der Waals surface area contributed by atoms with Crippen molar-refractivity contribution in [1.82, 2.24) is 4.98 Å². The monoisotopic (exact) mass is 306 g/mol. The van der Waals surface area contributed by atoms with Gasteiger partial charge in [0, 0.05) is 17.4 Å². The molecule has 2 rings (SSSR count). The maximum absolute atomic E-state index is 6.14. The summed E-state index contributed by atoms with van der Waals surface area (Å²) in [5, 5.41) is 4.17. The van der Waals surface area contributed by atoms with Crippen molar-refractivity contribution in [2.45, 2.75) is 6.42 Å². The maximum Gasteiger partial charge on any atom is 0.0945 e. The van der Waals surface area contributed by atoms with Gasteiger partial charge in [0.2, 0.25) is 0 Å².